The first kappa shape index (κ1) is 15.8. The maximum atomic E-state index is 4.54. The molecule has 0 N–H and O–H groups in total. The number of rotatable bonds is 9. The molecule has 0 aliphatic rings. The van der Waals surface area contributed by atoms with E-state index in [1.54, 1.807) is 0 Å². The topological polar surface area (TPSA) is 23.8 Å². The monoisotopic (exact) mass is 229 g/mol. The first-order valence-corrected chi connectivity index (χ1v) is 6.06. The standard InChI is InChI=1S/C12H29N4/c1-12(15(4)5)10-16(6)11-13-8-7-9-14(2)3/h12H,7-11H2,1-6H3. The summed E-state index contributed by atoms with van der Waals surface area (Å²) in [5.74, 6) is 0. The summed E-state index contributed by atoms with van der Waals surface area (Å²) in [6.07, 6.45) is 1.16. The van der Waals surface area contributed by atoms with E-state index in [2.05, 4.69) is 62.2 Å². The van der Waals surface area contributed by atoms with Crippen LogP contribution in [-0.4, -0.2) is 82.3 Å². The van der Waals surface area contributed by atoms with Gasteiger partial charge in [0.05, 0.1) is 6.67 Å². The van der Waals surface area contributed by atoms with Crippen molar-refractivity contribution >= 4 is 0 Å². The Morgan fingerprint density at radius 3 is 2.19 bits per heavy atom. The molecule has 4 nitrogen and oxygen atoms in total. The molecule has 0 spiro atoms. The van der Waals surface area contributed by atoms with E-state index in [1.165, 1.54) is 0 Å². The molecular formula is C12H29N4. The van der Waals surface area contributed by atoms with Crippen LogP contribution in [0.3, 0.4) is 0 Å². The van der Waals surface area contributed by atoms with Gasteiger partial charge in [-0.3, -0.25) is 4.90 Å². The van der Waals surface area contributed by atoms with Crippen LogP contribution < -0.4 is 5.32 Å². The normalized spacial score (nSPS) is 14.1. The van der Waals surface area contributed by atoms with Crippen LogP contribution in [0.25, 0.3) is 0 Å². The Kier molecular flexibility index (Phi) is 8.84. The van der Waals surface area contributed by atoms with Gasteiger partial charge in [0.2, 0.25) is 0 Å². The third-order valence-electron chi connectivity index (χ3n) is 2.72. The molecule has 0 amide bonds. The Bertz CT molecular complexity index is 159. The molecule has 16 heavy (non-hydrogen) atoms. The number of hydrogen-bond acceptors (Lipinski definition) is 3. The van der Waals surface area contributed by atoms with Gasteiger partial charge in [0.1, 0.15) is 0 Å². The smallest absolute Gasteiger partial charge is 0.0646 e. The molecular weight excluding hydrogens is 200 g/mol. The summed E-state index contributed by atoms with van der Waals surface area (Å²) in [6, 6.07) is 0.585. The molecule has 0 rings (SSSR count). The molecule has 4 heteroatoms. The summed E-state index contributed by atoms with van der Waals surface area (Å²) in [5.41, 5.74) is 0. The number of hydrogen-bond donors (Lipinski definition) is 0. The van der Waals surface area contributed by atoms with E-state index < -0.39 is 0 Å². The van der Waals surface area contributed by atoms with Gasteiger partial charge in [-0.1, -0.05) is 0 Å². The number of nitrogens with zero attached hydrogens (tertiary/aromatic N) is 4. The fraction of sp³-hybridized carbons (Fsp3) is 1.00. The van der Waals surface area contributed by atoms with Crippen molar-refractivity contribution < 1.29 is 0 Å². The Morgan fingerprint density at radius 1 is 1.06 bits per heavy atom. The molecule has 0 saturated carbocycles. The summed E-state index contributed by atoms with van der Waals surface area (Å²) < 4.78 is 0. The van der Waals surface area contributed by atoms with Gasteiger partial charge in [-0.25, -0.2) is 5.32 Å². The average Bonchev–Trinajstić information content (AvgIpc) is 2.16. The molecule has 1 unspecified atom stereocenters. The third-order valence-corrected chi connectivity index (χ3v) is 2.72. The fourth-order valence-corrected chi connectivity index (χ4v) is 1.41. The lowest BCUT2D eigenvalue weighted by molar-refractivity contribution is 0.208. The van der Waals surface area contributed by atoms with Crippen molar-refractivity contribution in [3.63, 3.8) is 0 Å². The summed E-state index contributed by atoms with van der Waals surface area (Å²) in [5, 5.41) is 4.54. The average molecular weight is 229 g/mol. The summed E-state index contributed by atoms with van der Waals surface area (Å²) in [4.78, 5) is 6.72. The minimum Gasteiger partial charge on any atom is -0.309 e. The second-order valence-electron chi connectivity index (χ2n) is 5.10. The van der Waals surface area contributed by atoms with Crippen LogP contribution in [0.2, 0.25) is 0 Å². The maximum absolute atomic E-state index is 4.54. The Labute approximate surface area is 102 Å². The first-order valence-electron chi connectivity index (χ1n) is 6.06. The van der Waals surface area contributed by atoms with Gasteiger partial charge in [0, 0.05) is 19.1 Å². The maximum Gasteiger partial charge on any atom is 0.0646 e. The number of likely N-dealkylation sites (N-methyl/N-ethyl adjacent to an activating group) is 2. The van der Waals surface area contributed by atoms with Crippen LogP contribution in [0.4, 0.5) is 0 Å². The summed E-state index contributed by atoms with van der Waals surface area (Å²) in [7, 11) is 10.6. The largest absolute Gasteiger partial charge is 0.309 e. The highest BCUT2D eigenvalue weighted by Gasteiger charge is 2.07. The van der Waals surface area contributed by atoms with Crippen molar-refractivity contribution in [1.82, 2.24) is 20.0 Å². The second kappa shape index (κ2) is 8.93. The Morgan fingerprint density at radius 2 is 1.69 bits per heavy atom. The van der Waals surface area contributed by atoms with Crippen LogP contribution in [0, 0.1) is 0 Å². The van der Waals surface area contributed by atoms with E-state index in [0.717, 1.165) is 32.7 Å². The molecule has 1 atom stereocenters. The summed E-state index contributed by atoms with van der Waals surface area (Å²) >= 11 is 0. The quantitative estimate of drug-likeness (QED) is 0.534. The molecule has 0 aliphatic heterocycles. The van der Waals surface area contributed by atoms with Crippen LogP contribution in [0.5, 0.6) is 0 Å². The van der Waals surface area contributed by atoms with Gasteiger partial charge in [-0.15, -0.1) is 0 Å². The van der Waals surface area contributed by atoms with Crippen molar-refractivity contribution in [2.45, 2.75) is 19.4 Å². The van der Waals surface area contributed by atoms with E-state index in [0.29, 0.717) is 6.04 Å². The zero-order valence-electron chi connectivity index (χ0n) is 11.9. The second-order valence-corrected chi connectivity index (χ2v) is 5.10. The van der Waals surface area contributed by atoms with Gasteiger partial charge in [0.25, 0.3) is 0 Å². The minimum absolute atomic E-state index is 0.585. The molecule has 0 aromatic rings. The third kappa shape index (κ3) is 9.09. The van der Waals surface area contributed by atoms with Crippen molar-refractivity contribution in [3.8, 4) is 0 Å². The zero-order valence-corrected chi connectivity index (χ0v) is 11.9. The van der Waals surface area contributed by atoms with Crippen molar-refractivity contribution in [2.24, 2.45) is 0 Å². The SMILES string of the molecule is CC(CN(C)C[N]CCCN(C)C)N(C)C. The van der Waals surface area contributed by atoms with Gasteiger partial charge >= 0.3 is 0 Å². The molecule has 0 aliphatic carbocycles. The lowest BCUT2D eigenvalue weighted by atomic mass is 10.3. The van der Waals surface area contributed by atoms with Gasteiger partial charge < -0.3 is 9.80 Å². The minimum atomic E-state index is 0.585. The van der Waals surface area contributed by atoms with E-state index in [4.69, 9.17) is 0 Å². The molecule has 97 valence electrons. The van der Waals surface area contributed by atoms with E-state index in [1.807, 2.05) is 0 Å². The Balaban J connectivity index is 3.40. The van der Waals surface area contributed by atoms with Crippen LogP contribution in [-0.2, 0) is 0 Å². The highest BCUT2D eigenvalue weighted by atomic mass is 15.2. The van der Waals surface area contributed by atoms with Crippen LogP contribution in [0.15, 0.2) is 0 Å². The van der Waals surface area contributed by atoms with Crippen LogP contribution in [0.1, 0.15) is 13.3 Å². The van der Waals surface area contributed by atoms with Gasteiger partial charge in [-0.2, -0.15) is 0 Å². The highest BCUT2D eigenvalue weighted by molar-refractivity contribution is 4.63. The molecule has 0 fully saturated rings. The highest BCUT2D eigenvalue weighted by Crippen LogP contribution is 1.94. The molecule has 0 saturated heterocycles. The van der Waals surface area contributed by atoms with Crippen LogP contribution >= 0.6 is 0 Å². The molecule has 0 aromatic carbocycles. The fourth-order valence-electron chi connectivity index (χ4n) is 1.41. The predicted molar refractivity (Wildman–Crippen MR) is 70.8 cm³/mol. The lowest BCUT2D eigenvalue weighted by Gasteiger charge is -2.25. The first-order chi connectivity index (χ1) is 7.43. The Hall–Kier alpha value is -0.160. The lowest BCUT2D eigenvalue weighted by Crippen LogP contribution is -2.39. The van der Waals surface area contributed by atoms with Crippen molar-refractivity contribution in [3.05, 3.63) is 0 Å². The molecule has 0 bridgehead atoms. The zero-order chi connectivity index (χ0) is 12.6. The van der Waals surface area contributed by atoms with Gasteiger partial charge in [0.15, 0.2) is 0 Å². The van der Waals surface area contributed by atoms with E-state index >= 15 is 0 Å². The van der Waals surface area contributed by atoms with E-state index in [-0.39, 0.29) is 0 Å². The molecule has 0 aromatic heterocycles. The molecule has 0 heterocycles. The van der Waals surface area contributed by atoms with Crippen molar-refractivity contribution in [1.29, 1.82) is 0 Å². The summed E-state index contributed by atoms with van der Waals surface area (Å²) in [6.45, 7) is 6.26. The van der Waals surface area contributed by atoms with E-state index in [9.17, 15) is 0 Å². The predicted octanol–water partition coefficient (Wildman–Crippen LogP) is 0.382. The molecule has 1 radical (unpaired) electrons. The van der Waals surface area contributed by atoms with Crippen molar-refractivity contribution in [2.75, 3.05) is 61.5 Å². The van der Waals surface area contributed by atoms with Gasteiger partial charge in [-0.05, 0) is 55.1 Å².